The van der Waals surface area contributed by atoms with E-state index in [4.69, 9.17) is 11.6 Å². The smallest absolute Gasteiger partial charge is 0.174 e. The second-order valence-corrected chi connectivity index (χ2v) is 4.29. The second-order valence-electron chi connectivity index (χ2n) is 3.91. The van der Waals surface area contributed by atoms with E-state index in [1.807, 2.05) is 0 Å². The first-order valence-corrected chi connectivity index (χ1v) is 5.91. The summed E-state index contributed by atoms with van der Waals surface area (Å²) in [6.07, 6.45) is 1.08. The molecule has 1 heterocycles. The SMILES string of the molecule is O=C(CC(=O)c1ccccc1O)c1ccnc(Cl)c1. The molecular weight excluding hydrogens is 266 g/mol. The van der Waals surface area contributed by atoms with Crippen LogP contribution in [0, 0.1) is 0 Å². The third-order valence-corrected chi connectivity index (χ3v) is 2.78. The molecule has 0 fully saturated rings. The zero-order chi connectivity index (χ0) is 13.8. The van der Waals surface area contributed by atoms with Gasteiger partial charge in [0.05, 0.1) is 12.0 Å². The monoisotopic (exact) mass is 275 g/mol. The normalized spacial score (nSPS) is 10.2. The van der Waals surface area contributed by atoms with Crippen molar-refractivity contribution in [2.75, 3.05) is 0 Å². The molecule has 0 aliphatic heterocycles. The lowest BCUT2D eigenvalue weighted by Gasteiger charge is -2.03. The molecule has 1 aromatic carbocycles. The van der Waals surface area contributed by atoms with Gasteiger partial charge in [0.15, 0.2) is 11.6 Å². The standard InChI is InChI=1S/C14H10ClNO3/c15-14-7-9(5-6-16-14)12(18)8-13(19)10-3-1-2-4-11(10)17/h1-7,17H,8H2. The van der Waals surface area contributed by atoms with Gasteiger partial charge in [-0.2, -0.15) is 0 Å². The predicted octanol–water partition coefficient (Wildman–Crippen LogP) is 2.90. The Hall–Kier alpha value is -2.20. The van der Waals surface area contributed by atoms with Gasteiger partial charge in [0.1, 0.15) is 10.9 Å². The van der Waals surface area contributed by atoms with E-state index in [0.717, 1.165) is 0 Å². The van der Waals surface area contributed by atoms with Crippen LogP contribution in [0.3, 0.4) is 0 Å². The Morgan fingerprint density at radius 1 is 1.16 bits per heavy atom. The van der Waals surface area contributed by atoms with Crippen molar-refractivity contribution in [3.63, 3.8) is 0 Å². The summed E-state index contributed by atoms with van der Waals surface area (Å²) in [5, 5.41) is 9.74. The molecule has 0 aliphatic rings. The number of phenolic OH excluding ortho intramolecular Hbond substituents is 1. The first-order valence-electron chi connectivity index (χ1n) is 5.54. The zero-order valence-corrected chi connectivity index (χ0v) is 10.6. The minimum Gasteiger partial charge on any atom is -0.507 e. The third-order valence-electron chi connectivity index (χ3n) is 2.57. The number of Topliss-reactive ketones (excluding diaryl/α,β-unsaturated/α-hetero) is 2. The van der Waals surface area contributed by atoms with Crippen molar-refractivity contribution in [1.29, 1.82) is 0 Å². The number of aromatic nitrogens is 1. The van der Waals surface area contributed by atoms with E-state index in [9.17, 15) is 14.7 Å². The van der Waals surface area contributed by atoms with Crippen LogP contribution in [0.2, 0.25) is 5.15 Å². The van der Waals surface area contributed by atoms with Gasteiger partial charge in [-0.25, -0.2) is 4.98 Å². The molecule has 96 valence electrons. The molecule has 0 saturated carbocycles. The van der Waals surface area contributed by atoms with E-state index in [1.54, 1.807) is 12.1 Å². The summed E-state index contributed by atoms with van der Waals surface area (Å²) in [5.41, 5.74) is 0.458. The average molecular weight is 276 g/mol. The molecular formula is C14H10ClNO3. The van der Waals surface area contributed by atoms with E-state index in [1.165, 1.54) is 30.5 Å². The Morgan fingerprint density at radius 3 is 2.58 bits per heavy atom. The molecule has 0 amide bonds. The fraction of sp³-hybridized carbons (Fsp3) is 0.0714. The summed E-state index contributed by atoms with van der Waals surface area (Å²) in [4.78, 5) is 27.6. The van der Waals surface area contributed by atoms with Gasteiger partial charge in [0, 0.05) is 11.8 Å². The van der Waals surface area contributed by atoms with Crippen molar-refractivity contribution in [1.82, 2.24) is 4.98 Å². The molecule has 5 heteroatoms. The van der Waals surface area contributed by atoms with E-state index in [2.05, 4.69) is 4.98 Å². The molecule has 0 radical (unpaired) electrons. The molecule has 19 heavy (non-hydrogen) atoms. The maximum atomic E-state index is 11.9. The molecule has 1 N–H and O–H groups in total. The summed E-state index contributed by atoms with van der Waals surface area (Å²) >= 11 is 5.68. The molecule has 0 unspecified atom stereocenters. The Labute approximate surface area is 114 Å². The van der Waals surface area contributed by atoms with E-state index in [-0.39, 0.29) is 28.7 Å². The third kappa shape index (κ3) is 3.17. The molecule has 2 aromatic rings. The number of phenols is 1. The number of benzene rings is 1. The van der Waals surface area contributed by atoms with E-state index in [0.29, 0.717) is 5.56 Å². The first-order chi connectivity index (χ1) is 9.08. The van der Waals surface area contributed by atoms with Crippen LogP contribution in [0.1, 0.15) is 27.1 Å². The predicted molar refractivity (Wildman–Crippen MR) is 70.6 cm³/mol. The highest BCUT2D eigenvalue weighted by Crippen LogP contribution is 2.19. The number of pyridine rings is 1. The number of ketones is 2. The Morgan fingerprint density at radius 2 is 1.89 bits per heavy atom. The fourth-order valence-corrected chi connectivity index (χ4v) is 1.80. The van der Waals surface area contributed by atoms with Gasteiger partial charge in [-0.15, -0.1) is 0 Å². The summed E-state index contributed by atoms with van der Waals surface area (Å²) < 4.78 is 0. The number of aromatic hydroxyl groups is 1. The van der Waals surface area contributed by atoms with Gasteiger partial charge in [0.25, 0.3) is 0 Å². The van der Waals surface area contributed by atoms with Crippen molar-refractivity contribution >= 4 is 23.2 Å². The topological polar surface area (TPSA) is 67.3 Å². The highest BCUT2D eigenvalue weighted by atomic mass is 35.5. The molecule has 0 atom stereocenters. The average Bonchev–Trinajstić information content (AvgIpc) is 2.39. The summed E-state index contributed by atoms with van der Waals surface area (Å²) in [6, 6.07) is 9.01. The maximum Gasteiger partial charge on any atom is 0.174 e. The number of carbonyl (C=O) groups is 2. The molecule has 4 nitrogen and oxygen atoms in total. The molecule has 0 saturated heterocycles. The van der Waals surface area contributed by atoms with Crippen LogP contribution >= 0.6 is 11.6 Å². The van der Waals surface area contributed by atoms with Gasteiger partial charge < -0.3 is 5.11 Å². The minimum absolute atomic E-state index is 0.131. The molecule has 0 spiro atoms. The largest absolute Gasteiger partial charge is 0.507 e. The summed E-state index contributed by atoms with van der Waals surface area (Å²) in [5.74, 6) is -0.929. The van der Waals surface area contributed by atoms with Crippen molar-refractivity contribution in [3.8, 4) is 5.75 Å². The molecule has 0 aliphatic carbocycles. The van der Waals surface area contributed by atoms with Crippen LogP contribution in [-0.4, -0.2) is 21.7 Å². The number of carbonyl (C=O) groups excluding carboxylic acids is 2. The van der Waals surface area contributed by atoms with Gasteiger partial charge in [-0.1, -0.05) is 23.7 Å². The van der Waals surface area contributed by atoms with Crippen LogP contribution < -0.4 is 0 Å². The second kappa shape index (κ2) is 5.63. The van der Waals surface area contributed by atoms with Crippen molar-refractivity contribution in [3.05, 3.63) is 58.9 Å². The summed E-state index contributed by atoms with van der Waals surface area (Å²) in [6.45, 7) is 0. The quantitative estimate of drug-likeness (QED) is 0.529. The van der Waals surface area contributed by atoms with Crippen LogP contribution in [0.5, 0.6) is 5.75 Å². The van der Waals surface area contributed by atoms with Crippen LogP contribution in [0.4, 0.5) is 0 Å². The highest BCUT2D eigenvalue weighted by Gasteiger charge is 2.16. The van der Waals surface area contributed by atoms with Crippen LogP contribution in [0.15, 0.2) is 42.6 Å². The number of hydrogen-bond acceptors (Lipinski definition) is 4. The molecule has 1 aromatic heterocycles. The Balaban J connectivity index is 2.16. The number of para-hydroxylation sites is 1. The maximum absolute atomic E-state index is 11.9. The molecule has 2 rings (SSSR count). The summed E-state index contributed by atoms with van der Waals surface area (Å²) in [7, 11) is 0. The van der Waals surface area contributed by atoms with Crippen molar-refractivity contribution < 1.29 is 14.7 Å². The van der Waals surface area contributed by atoms with Crippen LogP contribution in [0.25, 0.3) is 0 Å². The zero-order valence-electron chi connectivity index (χ0n) is 9.84. The lowest BCUT2D eigenvalue weighted by atomic mass is 10.0. The number of rotatable bonds is 4. The van der Waals surface area contributed by atoms with Crippen LogP contribution in [-0.2, 0) is 0 Å². The highest BCUT2D eigenvalue weighted by molar-refractivity contribution is 6.29. The van der Waals surface area contributed by atoms with Crippen molar-refractivity contribution in [2.24, 2.45) is 0 Å². The van der Waals surface area contributed by atoms with Crippen molar-refractivity contribution in [2.45, 2.75) is 6.42 Å². The van der Waals surface area contributed by atoms with E-state index >= 15 is 0 Å². The van der Waals surface area contributed by atoms with Gasteiger partial charge in [-0.05, 0) is 24.3 Å². The van der Waals surface area contributed by atoms with E-state index < -0.39 is 5.78 Å². The van der Waals surface area contributed by atoms with Gasteiger partial charge >= 0.3 is 0 Å². The number of hydrogen-bond donors (Lipinski definition) is 1. The minimum atomic E-state index is -0.434. The fourth-order valence-electron chi connectivity index (χ4n) is 1.63. The number of nitrogens with zero attached hydrogens (tertiary/aromatic N) is 1. The Kier molecular flexibility index (Phi) is 3.92. The first kappa shape index (κ1) is 13.2. The molecule has 0 bridgehead atoms. The Bertz CT molecular complexity index is 640. The lowest BCUT2D eigenvalue weighted by molar-refractivity contribution is 0.0893. The van der Waals surface area contributed by atoms with Gasteiger partial charge in [0.2, 0.25) is 0 Å². The number of halogens is 1. The lowest BCUT2D eigenvalue weighted by Crippen LogP contribution is -2.09. The van der Waals surface area contributed by atoms with Gasteiger partial charge in [-0.3, -0.25) is 9.59 Å².